The molecule has 9 nitrogen and oxygen atoms in total. The summed E-state index contributed by atoms with van der Waals surface area (Å²) in [6.07, 6.45) is 7.08. The minimum Gasteiger partial charge on any atom is -0.453 e. The zero-order valence-electron chi connectivity index (χ0n) is 23.1. The van der Waals surface area contributed by atoms with Crippen molar-refractivity contribution in [2.24, 2.45) is 5.92 Å². The van der Waals surface area contributed by atoms with Crippen molar-refractivity contribution < 1.29 is 23.6 Å². The van der Waals surface area contributed by atoms with E-state index in [1.807, 2.05) is 63.1 Å². The van der Waals surface area contributed by atoms with Crippen LogP contribution in [0.5, 0.6) is 0 Å². The molecule has 1 saturated carbocycles. The molecule has 3 heterocycles. The molecule has 2 saturated heterocycles. The quantitative estimate of drug-likeness (QED) is 0.557. The smallest absolute Gasteiger partial charge is 0.453 e. The van der Waals surface area contributed by atoms with Crippen LogP contribution in [-0.2, 0) is 18.8 Å². The van der Waals surface area contributed by atoms with Crippen molar-refractivity contribution in [1.29, 1.82) is 0 Å². The topological polar surface area (TPSA) is 106 Å². The maximum absolute atomic E-state index is 13.7. The lowest BCUT2D eigenvalue weighted by Gasteiger charge is -2.32. The number of carbonyl (C=O) groups excluding carboxylic acids is 2. The number of H-pyrrole nitrogens is 1. The first kappa shape index (κ1) is 26.7. The molecule has 204 valence electrons. The first-order chi connectivity index (χ1) is 18.1. The average Bonchev–Trinajstić information content (AvgIpc) is 3.69. The van der Waals surface area contributed by atoms with E-state index in [2.05, 4.69) is 10.3 Å². The Morgan fingerprint density at radius 3 is 2.37 bits per heavy atom. The maximum atomic E-state index is 13.7. The first-order valence-electron chi connectivity index (χ1n) is 13.8. The first-order valence-corrected chi connectivity index (χ1v) is 13.8. The second kappa shape index (κ2) is 10.4. The number of benzene rings is 1. The van der Waals surface area contributed by atoms with E-state index in [4.69, 9.17) is 19.0 Å². The SMILES string of the molecule is COC(=O)NC(C(=O)N1CCC[C@H]1c1nc(-c2ccc(B3OC(C)(C)C(C)(C)O3)cc2)c[nH]1)C1CCCC1. The number of methoxy groups -OCH3 is 1. The third-order valence-corrected chi connectivity index (χ3v) is 8.78. The molecule has 2 aliphatic heterocycles. The van der Waals surface area contributed by atoms with Crippen LogP contribution < -0.4 is 10.8 Å². The number of nitrogens with one attached hydrogen (secondary N) is 2. The number of amides is 2. The zero-order chi connectivity index (χ0) is 27.1. The molecule has 0 radical (unpaired) electrons. The van der Waals surface area contributed by atoms with E-state index in [-0.39, 0.29) is 29.1 Å². The van der Waals surface area contributed by atoms with E-state index in [9.17, 15) is 9.59 Å². The van der Waals surface area contributed by atoms with Crippen molar-refractivity contribution in [3.63, 3.8) is 0 Å². The highest BCUT2D eigenvalue weighted by atomic mass is 16.7. The molecule has 10 heteroatoms. The lowest BCUT2D eigenvalue weighted by Crippen LogP contribution is -2.51. The van der Waals surface area contributed by atoms with E-state index in [0.717, 1.165) is 61.1 Å². The average molecular weight is 522 g/mol. The summed E-state index contributed by atoms with van der Waals surface area (Å²) in [5.41, 5.74) is 1.98. The Hall–Kier alpha value is -2.85. The second-order valence-corrected chi connectivity index (χ2v) is 11.7. The number of hydrogen-bond donors (Lipinski definition) is 2. The van der Waals surface area contributed by atoms with Gasteiger partial charge in [0.1, 0.15) is 11.9 Å². The monoisotopic (exact) mass is 522 g/mol. The summed E-state index contributed by atoms with van der Waals surface area (Å²) in [7, 11) is 0.921. The van der Waals surface area contributed by atoms with Gasteiger partial charge in [-0.1, -0.05) is 37.1 Å². The minimum absolute atomic E-state index is 0.0467. The van der Waals surface area contributed by atoms with Gasteiger partial charge >= 0.3 is 13.2 Å². The molecule has 5 rings (SSSR count). The normalized spacial score (nSPS) is 23.6. The van der Waals surface area contributed by atoms with Gasteiger partial charge in [0.15, 0.2) is 0 Å². The molecule has 2 atom stereocenters. The fraction of sp³-hybridized carbons (Fsp3) is 0.607. The molecule has 0 bridgehead atoms. The van der Waals surface area contributed by atoms with Crippen molar-refractivity contribution in [3.05, 3.63) is 36.3 Å². The number of hydrogen-bond acceptors (Lipinski definition) is 6. The zero-order valence-corrected chi connectivity index (χ0v) is 23.1. The Labute approximate surface area is 225 Å². The Balaban J connectivity index is 1.30. The van der Waals surface area contributed by atoms with Crippen LogP contribution in [-0.4, -0.2) is 64.9 Å². The summed E-state index contributed by atoms with van der Waals surface area (Å²) in [5.74, 6) is 0.858. The minimum atomic E-state index is -0.567. The van der Waals surface area contributed by atoms with Crippen LogP contribution in [0, 0.1) is 5.92 Å². The van der Waals surface area contributed by atoms with E-state index >= 15 is 0 Å². The van der Waals surface area contributed by atoms with Gasteiger partial charge in [-0.25, -0.2) is 9.78 Å². The van der Waals surface area contributed by atoms with Gasteiger partial charge in [0.05, 0.1) is 30.0 Å². The number of aromatic nitrogens is 2. The van der Waals surface area contributed by atoms with Gasteiger partial charge in [-0.05, 0) is 64.8 Å². The van der Waals surface area contributed by atoms with Gasteiger partial charge in [0, 0.05) is 18.3 Å². The Kier molecular flexibility index (Phi) is 7.30. The Morgan fingerprint density at radius 1 is 1.08 bits per heavy atom. The lowest BCUT2D eigenvalue weighted by molar-refractivity contribution is -0.135. The van der Waals surface area contributed by atoms with Gasteiger partial charge in [0.2, 0.25) is 5.91 Å². The number of ether oxygens (including phenoxy) is 1. The number of likely N-dealkylation sites (tertiary alicyclic amines) is 1. The molecular weight excluding hydrogens is 483 g/mol. The molecule has 38 heavy (non-hydrogen) atoms. The number of alkyl carbamates (subject to hydrolysis) is 1. The number of imidazole rings is 1. The van der Waals surface area contributed by atoms with Crippen LogP contribution in [0.2, 0.25) is 0 Å². The van der Waals surface area contributed by atoms with Crippen molar-refractivity contribution in [3.8, 4) is 11.3 Å². The maximum Gasteiger partial charge on any atom is 0.494 e. The van der Waals surface area contributed by atoms with Crippen LogP contribution in [0.15, 0.2) is 30.5 Å². The molecular formula is C28H39BN4O5. The van der Waals surface area contributed by atoms with E-state index < -0.39 is 19.3 Å². The van der Waals surface area contributed by atoms with Crippen molar-refractivity contribution in [1.82, 2.24) is 20.2 Å². The molecule has 1 aliphatic carbocycles. The third kappa shape index (κ3) is 5.08. The molecule has 1 aromatic carbocycles. The number of rotatable bonds is 6. The largest absolute Gasteiger partial charge is 0.494 e. The molecule has 2 amide bonds. The summed E-state index contributed by atoms with van der Waals surface area (Å²) < 4.78 is 17.2. The molecule has 0 spiro atoms. The number of nitrogens with zero attached hydrogens (tertiary/aromatic N) is 2. The van der Waals surface area contributed by atoms with Gasteiger partial charge < -0.3 is 29.2 Å². The Morgan fingerprint density at radius 2 is 1.74 bits per heavy atom. The van der Waals surface area contributed by atoms with Crippen molar-refractivity contribution in [2.75, 3.05) is 13.7 Å². The number of carbonyl (C=O) groups is 2. The predicted octanol–water partition coefficient (Wildman–Crippen LogP) is 3.95. The van der Waals surface area contributed by atoms with Crippen LogP contribution in [0.25, 0.3) is 11.3 Å². The van der Waals surface area contributed by atoms with Crippen LogP contribution in [0.1, 0.15) is 78.1 Å². The van der Waals surface area contributed by atoms with E-state index in [1.54, 1.807) is 0 Å². The summed E-state index contributed by atoms with van der Waals surface area (Å²) in [6.45, 7) is 8.83. The molecule has 1 unspecified atom stereocenters. The molecule has 3 fully saturated rings. The molecule has 1 aromatic heterocycles. The summed E-state index contributed by atoms with van der Waals surface area (Å²) in [4.78, 5) is 35.8. The summed E-state index contributed by atoms with van der Waals surface area (Å²) >= 11 is 0. The second-order valence-electron chi connectivity index (χ2n) is 11.7. The van der Waals surface area contributed by atoms with Crippen LogP contribution in [0.4, 0.5) is 4.79 Å². The highest BCUT2D eigenvalue weighted by molar-refractivity contribution is 6.62. The van der Waals surface area contributed by atoms with Crippen LogP contribution in [0.3, 0.4) is 0 Å². The van der Waals surface area contributed by atoms with Crippen LogP contribution >= 0.6 is 0 Å². The molecule has 3 aliphatic rings. The van der Waals surface area contributed by atoms with Gasteiger partial charge in [0.25, 0.3) is 0 Å². The third-order valence-electron chi connectivity index (χ3n) is 8.78. The highest BCUT2D eigenvalue weighted by Gasteiger charge is 2.51. The standard InChI is InChI=1S/C28H39BN4O5/c1-27(2)28(3,4)38-29(37-27)20-14-12-18(13-15-20)21-17-30-24(31-21)22-11-8-16-33(22)25(34)23(32-26(35)36-5)19-9-6-7-10-19/h12-15,17,19,22-23H,6-11,16H2,1-5H3,(H,30,31)(H,32,35)/t22-,23?/m0/s1. The van der Waals surface area contributed by atoms with E-state index in [1.165, 1.54) is 7.11 Å². The Bertz CT molecular complexity index is 1140. The van der Waals surface area contributed by atoms with E-state index in [0.29, 0.717) is 6.54 Å². The molecule has 2 N–H and O–H groups in total. The van der Waals surface area contributed by atoms with Gasteiger partial charge in [-0.15, -0.1) is 0 Å². The fourth-order valence-corrected chi connectivity index (χ4v) is 5.80. The predicted molar refractivity (Wildman–Crippen MR) is 145 cm³/mol. The molecule has 2 aromatic rings. The summed E-state index contributed by atoms with van der Waals surface area (Å²) in [5, 5.41) is 2.82. The lowest BCUT2D eigenvalue weighted by atomic mass is 9.79. The number of aromatic amines is 1. The van der Waals surface area contributed by atoms with Crippen molar-refractivity contribution in [2.45, 2.75) is 89.5 Å². The van der Waals surface area contributed by atoms with Gasteiger partial charge in [-0.3, -0.25) is 4.79 Å². The van der Waals surface area contributed by atoms with Gasteiger partial charge in [-0.2, -0.15) is 0 Å². The summed E-state index contributed by atoms with van der Waals surface area (Å²) in [6, 6.07) is 7.36. The van der Waals surface area contributed by atoms with Crippen molar-refractivity contribution >= 4 is 24.6 Å². The fourth-order valence-electron chi connectivity index (χ4n) is 5.80. The highest BCUT2D eigenvalue weighted by Crippen LogP contribution is 2.37.